The predicted octanol–water partition coefficient (Wildman–Crippen LogP) is 4.95. The van der Waals surface area contributed by atoms with Gasteiger partial charge in [0.2, 0.25) is 0 Å². The van der Waals surface area contributed by atoms with Gasteiger partial charge in [-0.3, -0.25) is 0 Å². The zero-order valence-electron chi connectivity index (χ0n) is 12.7. The minimum atomic E-state index is 0.233. The first-order valence-electron chi connectivity index (χ1n) is 7.13. The van der Waals surface area contributed by atoms with Crippen molar-refractivity contribution in [2.75, 3.05) is 14.2 Å². The van der Waals surface area contributed by atoms with Crippen molar-refractivity contribution in [3.63, 3.8) is 0 Å². The molecule has 3 rings (SSSR count). The van der Waals surface area contributed by atoms with Crippen molar-refractivity contribution in [3.05, 3.63) is 82.0 Å². The van der Waals surface area contributed by atoms with Crippen molar-refractivity contribution in [2.24, 2.45) is 0 Å². The van der Waals surface area contributed by atoms with Gasteiger partial charge in [-0.05, 0) is 46.8 Å². The highest BCUT2D eigenvalue weighted by Crippen LogP contribution is 2.35. The molecular weight excluding hydrogens is 292 g/mol. The van der Waals surface area contributed by atoms with E-state index < -0.39 is 0 Å². The van der Waals surface area contributed by atoms with E-state index >= 15 is 0 Å². The molecular formula is C19H18O2S. The third kappa shape index (κ3) is 3.00. The molecule has 0 amide bonds. The summed E-state index contributed by atoms with van der Waals surface area (Å²) < 4.78 is 10.5. The van der Waals surface area contributed by atoms with Crippen LogP contribution in [0.5, 0.6) is 11.5 Å². The minimum Gasteiger partial charge on any atom is -0.497 e. The van der Waals surface area contributed by atoms with Gasteiger partial charge < -0.3 is 9.47 Å². The molecule has 0 aliphatic rings. The SMILES string of the molecule is COc1ccc(C(c2ccc(OC)cc2)c2cccs2)cc1. The Kier molecular flexibility index (Phi) is 4.45. The van der Waals surface area contributed by atoms with Gasteiger partial charge in [0.05, 0.1) is 14.2 Å². The van der Waals surface area contributed by atoms with Crippen LogP contribution in [0.4, 0.5) is 0 Å². The minimum absolute atomic E-state index is 0.233. The summed E-state index contributed by atoms with van der Waals surface area (Å²) in [4.78, 5) is 1.33. The van der Waals surface area contributed by atoms with Crippen molar-refractivity contribution in [1.29, 1.82) is 0 Å². The first-order chi connectivity index (χ1) is 10.8. The van der Waals surface area contributed by atoms with Gasteiger partial charge in [-0.1, -0.05) is 30.3 Å². The number of hydrogen-bond acceptors (Lipinski definition) is 3. The number of rotatable bonds is 5. The molecule has 22 heavy (non-hydrogen) atoms. The number of ether oxygens (including phenoxy) is 2. The van der Waals surface area contributed by atoms with Crippen LogP contribution in [0.1, 0.15) is 21.9 Å². The molecule has 2 aromatic carbocycles. The third-order valence-corrected chi connectivity index (χ3v) is 4.66. The largest absolute Gasteiger partial charge is 0.497 e. The van der Waals surface area contributed by atoms with E-state index in [9.17, 15) is 0 Å². The highest BCUT2D eigenvalue weighted by molar-refractivity contribution is 7.10. The van der Waals surface area contributed by atoms with Crippen molar-refractivity contribution in [2.45, 2.75) is 5.92 Å². The Morgan fingerprint density at radius 1 is 0.727 bits per heavy atom. The lowest BCUT2D eigenvalue weighted by Crippen LogP contribution is -2.01. The van der Waals surface area contributed by atoms with Crippen LogP contribution in [-0.2, 0) is 0 Å². The molecule has 2 nitrogen and oxygen atoms in total. The van der Waals surface area contributed by atoms with Gasteiger partial charge in [-0.25, -0.2) is 0 Å². The molecule has 0 saturated carbocycles. The molecule has 0 saturated heterocycles. The fourth-order valence-corrected chi connectivity index (χ4v) is 3.45. The molecule has 0 aliphatic carbocycles. The van der Waals surface area contributed by atoms with Gasteiger partial charge in [0.1, 0.15) is 11.5 Å². The van der Waals surface area contributed by atoms with E-state index in [0.717, 1.165) is 11.5 Å². The van der Waals surface area contributed by atoms with Crippen LogP contribution in [0.2, 0.25) is 0 Å². The molecule has 0 unspecified atom stereocenters. The lowest BCUT2D eigenvalue weighted by molar-refractivity contribution is 0.414. The van der Waals surface area contributed by atoms with Crippen LogP contribution in [0, 0.1) is 0 Å². The van der Waals surface area contributed by atoms with E-state index in [1.165, 1.54) is 16.0 Å². The van der Waals surface area contributed by atoms with Gasteiger partial charge in [-0.2, -0.15) is 0 Å². The van der Waals surface area contributed by atoms with Gasteiger partial charge >= 0.3 is 0 Å². The number of benzene rings is 2. The standard InChI is InChI=1S/C19H18O2S/c1-20-16-9-5-14(6-10-16)19(18-4-3-13-22-18)15-7-11-17(21-2)12-8-15/h3-13,19H,1-2H3. The maximum atomic E-state index is 5.26. The highest BCUT2D eigenvalue weighted by Gasteiger charge is 2.17. The summed E-state index contributed by atoms with van der Waals surface area (Å²) in [5.41, 5.74) is 2.52. The second kappa shape index (κ2) is 6.67. The van der Waals surface area contributed by atoms with Crippen molar-refractivity contribution >= 4 is 11.3 Å². The Balaban J connectivity index is 2.02. The van der Waals surface area contributed by atoms with E-state index in [-0.39, 0.29) is 5.92 Å². The molecule has 1 heterocycles. The lowest BCUT2D eigenvalue weighted by atomic mass is 9.90. The monoisotopic (exact) mass is 310 g/mol. The normalized spacial score (nSPS) is 10.7. The molecule has 1 aromatic heterocycles. The van der Waals surface area contributed by atoms with Crippen LogP contribution in [0.25, 0.3) is 0 Å². The number of thiophene rings is 1. The summed E-state index contributed by atoms with van der Waals surface area (Å²) in [7, 11) is 3.38. The molecule has 0 fully saturated rings. The predicted molar refractivity (Wildman–Crippen MR) is 91.3 cm³/mol. The fraction of sp³-hybridized carbons (Fsp3) is 0.158. The van der Waals surface area contributed by atoms with Gasteiger partial charge in [0.15, 0.2) is 0 Å². The van der Waals surface area contributed by atoms with Crippen molar-refractivity contribution in [1.82, 2.24) is 0 Å². The second-order valence-electron chi connectivity index (χ2n) is 4.99. The van der Waals surface area contributed by atoms with Gasteiger partial charge in [0, 0.05) is 10.8 Å². The summed E-state index contributed by atoms with van der Waals surface area (Å²) in [5.74, 6) is 1.99. The van der Waals surface area contributed by atoms with Crippen LogP contribution in [-0.4, -0.2) is 14.2 Å². The van der Waals surface area contributed by atoms with E-state index in [4.69, 9.17) is 9.47 Å². The zero-order valence-corrected chi connectivity index (χ0v) is 13.5. The Morgan fingerprint density at radius 3 is 1.59 bits per heavy atom. The Labute approximate surface area is 135 Å². The quantitative estimate of drug-likeness (QED) is 0.664. The summed E-state index contributed by atoms with van der Waals surface area (Å²) in [6.07, 6.45) is 0. The Morgan fingerprint density at radius 2 is 1.23 bits per heavy atom. The number of methoxy groups -OCH3 is 2. The van der Waals surface area contributed by atoms with Crippen molar-refractivity contribution in [3.8, 4) is 11.5 Å². The molecule has 3 aromatic rings. The van der Waals surface area contributed by atoms with E-state index in [2.05, 4.69) is 41.8 Å². The Hall–Kier alpha value is -2.26. The molecule has 0 bridgehead atoms. The Bertz CT molecular complexity index is 653. The first-order valence-corrected chi connectivity index (χ1v) is 8.01. The third-order valence-electron chi connectivity index (χ3n) is 3.73. The average Bonchev–Trinajstić information content (AvgIpc) is 3.10. The molecule has 0 radical (unpaired) electrons. The summed E-state index contributed by atoms with van der Waals surface area (Å²) >= 11 is 1.78. The van der Waals surface area contributed by atoms with Crippen LogP contribution < -0.4 is 9.47 Å². The fourth-order valence-electron chi connectivity index (χ4n) is 2.57. The molecule has 0 aliphatic heterocycles. The van der Waals surface area contributed by atoms with Crippen molar-refractivity contribution < 1.29 is 9.47 Å². The molecule has 0 spiro atoms. The first kappa shape index (κ1) is 14.7. The van der Waals surface area contributed by atoms with E-state index in [0.29, 0.717) is 0 Å². The number of hydrogen-bond donors (Lipinski definition) is 0. The van der Waals surface area contributed by atoms with Crippen LogP contribution in [0.3, 0.4) is 0 Å². The van der Waals surface area contributed by atoms with E-state index in [1.54, 1.807) is 25.6 Å². The summed E-state index contributed by atoms with van der Waals surface area (Å²) in [6.45, 7) is 0. The highest BCUT2D eigenvalue weighted by atomic mass is 32.1. The topological polar surface area (TPSA) is 18.5 Å². The lowest BCUT2D eigenvalue weighted by Gasteiger charge is -2.17. The van der Waals surface area contributed by atoms with Gasteiger partial charge in [-0.15, -0.1) is 11.3 Å². The molecule has 3 heteroatoms. The molecule has 0 atom stereocenters. The summed E-state index contributed by atoms with van der Waals surface area (Å²) in [6, 6.07) is 20.9. The maximum Gasteiger partial charge on any atom is 0.118 e. The smallest absolute Gasteiger partial charge is 0.118 e. The average molecular weight is 310 g/mol. The second-order valence-corrected chi connectivity index (χ2v) is 5.97. The van der Waals surface area contributed by atoms with Crippen LogP contribution >= 0.6 is 11.3 Å². The zero-order chi connectivity index (χ0) is 15.4. The summed E-state index contributed by atoms with van der Waals surface area (Å²) in [5, 5.41) is 2.12. The van der Waals surface area contributed by atoms with E-state index in [1.807, 2.05) is 24.3 Å². The van der Waals surface area contributed by atoms with Crippen LogP contribution in [0.15, 0.2) is 66.0 Å². The molecule has 112 valence electrons. The molecule has 0 N–H and O–H groups in total. The maximum absolute atomic E-state index is 5.26. The van der Waals surface area contributed by atoms with Gasteiger partial charge in [0.25, 0.3) is 0 Å².